The second kappa shape index (κ2) is 4.61. The molecule has 1 saturated heterocycles. The first-order valence-corrected chi connectivity index (χ1v) is 6.73. The van der Waals surface area contributed by atoms with Crippen LogP contribution in [0.15, 0.2) is 24.5 Å². The molecule has 1 aliphatic heterocycles. The summed E-state index contributed by atoms with van der Waals surface area (Å²) in [4.78, 5) is 7.10. The molecule has 3 heterocycles. The quantitative estimate of drug-likeness (QED) is 0.897. The molecule has 4 heteroatoms. The van der Waals surface area contributed by atoms with E-state index in [2.05, 4.69) is 21.2 Å². The van der Waals surface area contributed by atoms with Crippen LogP contribution in [-0.4, -0.2) is 33.4 Å². The molecule has 1 atom stereocenters. The van der Waals surface area contributed by atoms with E-state index in [-0.39, 0.29) is 0 Å². The van der Waals surface area contributed by atoms with Gasteiger partial charge in [0.05, 0.1) is 11.7 Å². The van der Waals surface area contributed by atoms with Gasteiger partial charge in [0.15, 0.2) is 0 Å². The minimum Gasteiger partial charge on any atom is -0.399 e. The summed E-state index contributed by atoms with van der Waals surface area (Å²) >= 11 is 0. The number of hydrogen-bond donors (Lipinski definition) is 1. The number of nitrogens with two attached hydrogens (primary N) is 1. The Bertz CT molecular complexity index is 546. The number of likely N-dealkylation sites (N-methyl/N-ethyl adjacent to an activating group) is 1. The van der Waals surface area contributed by atoms with Gasteiger partial charge in [-0.3, -0.25) is 0 Å². The number of nitrogen functional groups attached to an aromatic ring is 1. The number of anilines is 1. The molecule has 18 heavy (non-hydrogen) atoms. The third-order valence-corrected chi connectivity index (χ3v) is 3.96. The summed E-state index contributed by atoms with van der Waals surface area (Å²) in [6.07, 6.45) is 7.58. The largest absolute Gasteiger partial charge is 0.399 e. The van der Waals surface area contributed by atoms with Gasteiger partial charge in [0.2, 0.25) is 0 Å². The van der Waals surface area contributed by atoms with Gasteiger partial charge in [0, 0.05) is 24.3 Å². The Labute approximate surface area is 107 Å². The van der Waals surface area contributed by atoms with Crippen LogP contribution in [0, 0.1) is 0 Å². The number of fused-ring (bicyclic) bond motifs is 1. The Morgan fingerprint density at radius 3 is 3.22 bits per heavy atom. The molecule has 1 fully saturated rings. The molecule has 0 aromatic carbocycles. The highest BCUT2D eigenvalue weighted by Crippen LogP contribution is 2.21. The average molecular weight is 244 g/mol. The van der Waals surface area contributed by atoms with Crippen LogP contribution < -0.4 is 5.73 Å². The van der Waals surface area contributed by atoms with Gasteiger partial charge in [-0.2, -0.15) is 0 Å². The lowest BCUT2D eigenvalue weighted by Gasteiger charge is -2.22. The Morgan fingerprint density at radius 2 is 2.39 bits per heavy atom. The molecule has 2 aromatic heterocycles. The van der Waals surface area contributed by atoms with E-state index in [1.165, 1.54) is 19.4 Å². The minimum absolute atomic E-state index is 0.651. The summed E-state index contributed by atoms with van der Waals surface area (Å²) in [5, 5.41) is 0. The van der Waals surface area contributed by atoms with E-state index in [0.29, 0.717) is 6.04 Å². The third kappa shape index (κ3) is 1.97. The first-order valence-electron chi connectivity index (χ1n) is 6.73. The molecule has 3 rings (SSSR count). The fourth-order valence-corrected chi connectivity index (χ4v) is 2.98. The standard InChI is InChI=1S/C14H20N4/c1-2-17-6-3-4-12(17)9-14-16-10-13-8-11(15)5-7-18(13)14/h5,7-8,10,12H,2-4,6,9,15H2,1H3. The average Bonchev–Trinajstić information content (AvgIpc) is 2.96. The first-order chi connectivity index (χ1) is 8.78. The fraction of sp³-hybridized carbons (Fsp3) is 0.500. The van der Waals surface area contributed by atoms with Crippen LogP contribution in [0.1, 0.15) is 25.6 Å². The molecule has 0 bridgehead atoms. The van der Waals surface area contributed by atoms with E-state index >= 15 is 0 Å². The zero-order chi connectivity index (χ0) is 12.5. The highest BCUT2D eigenvalue weighted by atomic mass is 15.2. The van der Waals surface area contributed by atoms with Crippen LogP contribution in [0.4, 0.5) is 5.69 Å². The molecule has 96 valence electrons. The number of hydrogen-bond acceptors (Lipinski definition) is 3. The summed E-state index contributed by atoms with van der Waals surface area (Å²) < 4.78 is 2.16. The molecule has 0 radical (unpaired) electrons. The van der Waals surface area contributed by atoms with E-state index in [9.17, 15) is 0 Å². The summed E-state index contributed by atoms with van der Waals surface area (Å²) in [5.41, 5.74) is 7.68. The predicted octanol–water partition coefficient (Wildman–Crippen LogP) is 1.94. The van der Waals surface area contributed by atoms with Crippen LogP contribution in [0.3, 0.4) is 0 Å². The van der Waals surface area contributed by atoms with Crippen molar-refractivity contribution in [1.29, 1.82) is 0 Å². The van der Waals surface area contributed by atoms with E-state index in [1.807, 2.05) is 24.5 Å². The Hall–Kier alpha value is -1.55. The SMILES string of the molecule is CCN1CCCC1Cc1ncc2cc(N)ccn12. The lowest BCUT2D eigenvalue weighted by Crippen LogP contribution is -2.31. The zero-order valence-electron chi connectivity index (χ0n) is 10.8. The Kier molecular flexibility index (Phi) is 2.96. The van der Waals surface area contributed by atoms with Crippen LogP contribution in [-0.2, 0) is 6.42 Å². The van der Waals surface area contributed by atoms with Crippen molar-refractivity contribution in [2.45, 2.75) is 32.2 Å². The van der Waals surface area contributed by atoms with Gasteiger partial charge in [0.25, 0.3) is 0 Å². The van der Waals surface area contributed by atoms with Crippen molar-refractivity contribution < 1.29 is 0 Å². The maximum absolute atomic E-state index is 5.79. The molecule has 2 N–H and O–H groups in total. The van der Waals surface area contributed by atoms with Gasteiger partial charge in [-0.25, -0.2) is 4.98 Å². The topological polar surface area (TPSA) is 46.6 Å². The smallest absolute Gasteiger partial charge is 0.114 e. The molecular formula is C14H20N4. The lowest BCUT2D eigenvalue weighted by atomic mass is 10.1. The molecule has 0 amide bonds. The highest BCUT2D eigenvalue weighted by Gasteiger charge is 2.24. The van der Waals surface area contributed by atoms with Crippen molar-refractivity contribution in [2.24, 2.45) is 0 Å². The lowest BCUT2D eigenvalue weighted by molar-refractivity contribution is 0.263. The van der Waals surface area contributed by atoms with Crippen LogP contribution in [0.2, 0.25) is 0 Å². The van der Waals surface area contributed by atoms with Crippen LogP contribution in [0.25, 0.3) is 5.52 Å². The van der Waals surface area contributed by atoms with E-state index < -0.39 is 0 Å². The maximum atomic E-state index is 5.79. The maximum Gasteiger partial charge on any atom is 0.114 e. The van der Waals surface area contributed by atoms with Crippen LogP contribution in [0.5, 0.6) is 0 Å². The van der Waals surface area contributed by atoms with Crippen molar-refractivity contribution in [3.63, 3.8) is 0 Å². The fourth-order valence-electron chi connectivity index (χ4n) is 2.98. The summed E-state index contributed by atoms with van der Waals surface area (Å²) in [6.45, 7) is 4.61. The Balaban J connectivity index is 1.86. The van der Waals surface area contributed by atoms with Gasteiger partial charge in [0.1, 0.15) is 5.82 Å². The number of rotatable bonds is 3. The molecule has 2 aromatic rings. The summed E-state index contributed by atoms with van der Waals surface area (Å²) in [7, 11) is 0. The monoisotopic (exact) mass is 244 g/mol. The zero-order valence-corrected chi connectivity index (χ0v) is 10.8. The van der Waals surface area contributed by atoms with Gasteiger partial charge in [-0.05, 0) is 38.1 Å². The number of pyridine rings is 1. The second-order valence-corrected chi connectivity index (χ2v) is 5.06. The summed E-state index contributed by atoms with van der Waals surface area (Å²) in [5.74, 6) is 1.15. The van der Waals surface area contributed by atoms with Crippen molar-refractivity contribution in [3.8, 4) is 0 Å². The molecule has 1 aliphatic rings. The first kappa shape index (κ1) is 11.5. The number of aromatic nitrogens is 2. The molecule has 0 saturated carbocycles. The van der Waals surface area contributed by atoms with Crippen LogP contribution >= 0.6 is 0 Å². The molecule has 0 spiro atoms. The van der Waals surface area contributed by atoms with Crippen molar-refractivity contribution in [1.82, 2.24) is 14.3 Å². The number of likely N-dealkylation sites (tertiary alicyclic amines) is 1. The second-order valence-electron chi connectivity index (χ2n) is 5.06. The van der Waals surface area contributed by atoms with Gasteiger partial charge in [-0.1, -0.05) is 6.92 Å². The van der Waals surface area contributed by atoms with Crippen molar-refractivity contribution in [2.75, 3.05) is 18.8 Å². The predicted molar refractivity (Wildman–Crippen MR) is 73.6 cm³/mol. The van der Waals surface area contributed by atoms with Gasteiger partial charge >= 0.3 is 0 Å². The normalized spacial score (nSPS) is 20.8. The van der Waals surface area contributed by atoms with E-state index in [4.69, 9.17) is 5.73 Å². The highest BCUT2D eigenvalue weighted by molar-refractivity contribution is 5.55. The number of imidazole rings is 1. The van der Waals surface area contributed by atoms with E-state index in [0.717, 1.165) is 30.0 Å². The molecule has 1 unspecified atom stereocenters. The van der Waals surface area contributed by atoms with Gasteiger partial charge < -0.3 is 15.0 Å². The molecule has 4 nitrogen and oxygen atoms in total. The van der Waals surface area contributed by atoms with Crippen molar-refractivity contribution in [3.05, 3.63) is 30.4 Å². The van der Waals surface area contributed by atoms with Gasteiger partial charge in [-0.15, -0.1) is 0 Å². The third-order valence-electron chi connectivity index (χ3n) is 3.96. The van der Waals surface area contributed by atoms with E-state index in [1.54, 1.807) is 0 Å². The molecule has 0 aliphatic carbocycles. The minimum atomic E-state index is 0.651. The number of nitrogens with zero attached hydrogens (tertiary/aromatic N) is 3. The summed E-state index contributed by atoms with van der Waals surface area (Å²) in [6, 6.07) is 4.56. The Morgan fingerprint density at radius 1 is 1.50 bits per heavy atom. The molecular weight excluding hydrogens is 224 g/mol. The van der Waals surface area contributed by atoms with Crippen molar-refractivity contribution >= 4 is 11.2 Å².